The molecular weight excluding hydrogens is 257 g/mol. The molecule has 20 heavy (non-hydrogen) atoms. The number of hydrogen-bond donors (Lipinski definition) is 2. The Kier molecular flexibility index (Phi) is 6.65. The van der Waals surface area contributed by atoms with Crippen molar-refractivity contribution in [3.05, 3.63) is 35.1 Å². The molecule has 1 unspecified atom stereocenters. The highest BCUT2D eigenvalue weighted by Gasteiger charge is 2.13. The molecule has 0 aliphatic heterocycles. The number of carbonyl (C=O) groups excluding carboxylic acids is 1. The van der Waals surface area contributed by atoms with E-state index in [1.165, 1.54) is 12.1 Å². The minimum Gasteiger partial charge on any atom is -0.396 e. The maximum Gasteiger partial charge on any atom is 0.251 e. The normalized spacial score (nSPS) is 12.5. The summed E-state index contributed by atoms with van der Waals surface area (Å²) < 4.78 is 13.3. The summed E-state index contributed by atoms with van der Waals surface area (Å²) in [5, 5.41) is 11.9. The van der Waals surface area contributed by atoms with Crippen molar-refractivity contribution >= 4 is 5.91 Å². The highest BCUT2D eigenvalue weighted by atomic mass is 19.1. The first-order valence-electron chi connectivity index (χ1n) is 7.08. The van der Waals surface area contributed by atoms with Gasteiger partial charge in [0.2, 0.25) is 0 Å². The first-order valence-corrected chi connectivity index (χ1v) is 7.08. The highest BCUT2D eigenvalue weighted by molar-refractivity contribution is 5.94. The lowest BCUT2D eigenvalue weighted by molar-refractivity contribution is 0.0941. The van der Waals surface area contributed by atoms with Gasteiger partial charge in [0.15, 0.2) is 0 Å². The summed E-state index contributed by atoms with van der Waals surface area (Å²) in [5.74, 6) is 0.0991. The average molecular weight is 281 g/mol. The van der Waals surface area contributed by atoms with Crippen molar-refractivity contribution in [1.29, 1.82) is 0 Å². The Morgan fingerprint density at radius 2 is 2.05 bits per heavy atom. The van der Waals surface area contributed by atoms with Gasteiger partial charge in [-0.3, -0.25) is 4.79 Å². The minimum absolute atomic E-state index is 0.117. The molecule has 4 heteroatoms. The molecular formula is C16H24FNO2. The Bertz CT molecular complexity index is 426. The van der Waals surface area contributed by atoms with E-state index in [-0.39, 0.29) is 18.4 Å². The molecule has 1 amide bonds. The van der Waals surface area contributed by atoms with Crippen LogP contribution >= 0.6 is 0 Å². The lowest BCUT2D eigenvalue weighted by atomic mass is 9.94. The van der Waals surface area contributed by atoms with Crippen molar-refractivity contribution in [2.75, 3.05) is 13.2 Å². The van der Waals surface area contributed by atoms with E-state index in [0.717, 1.165) is 12.0 Å². The highest BCUT2D eigenvalue weighted by Crippen LogP contribution is 2.15. The smallest absolute Gasteiger partial charge is 0.251 e. The van der Waals surface area contributed by atoms with Gasteiger partial charge in [-0.2, -0.15) is 0 Å². The maximum atomic E-state index is 13.3. The predicted molar refractivity (Wildman–Crippen MR) is 78.1 cm³/mol. The molecule has 2 N–H and O–H groups in total. The molecule has 0 aromatic heterocycles. The first kappa shape index (κ1) is 16.6. The molecule has 0 radical (unpaired) electrons. The van der Waals surface area contributed by atoms with Gasteiger partial charge in [-0.25, -0.2) is 4.39 Å². The van der Waals surface area contributed by atoms with Crippen LogP contribution in [0.25, 0.3) is 0 Å². The SMILES string of the molecule is Cc1cc(F)cc(C(=O)NCC(CCO)CC(C)C)c1. The first-order chi connectivity index (χ1) is 9.42. The Balaban J connectivity index is 2.60. The third kappa shape index (κ3) is 5.70. The largest absolute Gasteiger partial charge is 0.396 e. The summed E-state index contributed by atoms with van der Waals surface area (Å²) in [6.45, 7) is 6.61. The fraction of sp³-hybridized carbons (Fsp3) is 0.562. The van der Waals surface area contributed by atoms with E-state index < -0.39 is 5.82 Å². The van der Waals surface area contributed by atoms with Gasteiger partial charge in [-0.15, -0.1) is 0 Å². The molecule has 0 aliphatic rings. The van der Waals surface area contributed by atoms with Crippen LogP contribution in [0.15, 0.2) is 18.2 Å². The Morgan fingerprint density at radius 1 is 1.35 bits per heavy atom. The number of benzene rings is 1. The van der Waals surface area contributed by atoms with Crippen LogP contribution in [0.4, 0.5) is 4.39 Å². The Labute approximate surface area is 120 Å². The molecule has 112 valence electrons. The topological polar surface area (TPSA) is 49.3 Å². The van der Waals surface area contributed by atoms with Gasteiger partial charge in [0, 0.05) is 18.7 Å². The molecule has 1 aromatic carbocycles. The molecule has 0 saturated carbocycles. The van der Waals surface area contributed by atoms with Crippen LogP contribution in [0.5, 0.6) is 0 Å². The van der Waals surface area contributed by atoms with Gasteiger partial charge in [0.25, 0.3) is 5.91 Å². The van der Waals surface area contributed by atoms with Crippen molar-refractivity contribution in [3.8, 4) is 0 Å². The monoisotopic (exact) mass is 281 g/mol. The predicted octanol–water partition coefficient (Wildman–Crippen LogP) is 2.91. The van der Waals surface area contributed by atoms with Crippen LogP contribution in [0.2, 0.25) is 0 Å². The van der Waals surface area contributed by atoms with Crippen LogP contribution in [0.3, 0.4) is 0 Å². The number of amides is 1. The lowest BCUT2D eigenvalue weighted by Gasteiger charge is -2.18. The van der Waals surface area contributed by atoms with Gasteiger partial charge in [-0.05, 0) is 55.4 Å². The van der Waals surface area contributed by atoms with Crippen LogP contribution in [0.1, 0.15) is 42.6 Å². The van der Waals surface area contributed by atoms with Gasteiger partial charge in [-0.1, -0.05) is 13.8 Å². The quantitative estimate of drug-likeness (QED) is 0.807. The number of rotatable bonds is 7. The molecule has 3 nitrogen and oxygen atoms in total. The second-order valence-corrected chi connectivity index (χ2v) is 5.74. The third-order valence-corrected chi connectivity index (χ3v) is 3.20. The van der Waals surface area contributed by atoms with Gasteiger partial charge >= 0.3 is 0 Å². The molecule has 0 bridgehead atoms. The maximum absolute atomic E-state index is 13.3. The van der Waals surface area contributed by atoms with Crippen molar-refractivity contribution in [1.82, 2.24) is 5.32 Å². The van der Waals surface area contributed by atoms with E-state index >= 15 is 0 Å². The zero-order valence-corrected chi connectivity index (χ0v) is 12.4. The van der Waals surface area contributed by atoms with E-state index in [0.29, 0.717) is 24.4 Å². The van der Waals surface area contributed by atoms with Gasteiger partial charge < -0.3 is 10.4 Å². The summed E-state index contributed by atoms with van der Waals surface area (Å²) in [5.41, 5.74) is 1.07. The fourth-order valence-electron chi connectivity index (χ4n) is 2.36. The zero-order chi connectivity index (χ0) is 15.1. The molecule has 0 spiro atoms. The number of hydrogen-bond acceptors (Lipinski definition) is 2. The summed E-state index contributed by atoms with van der Waals surface area (Å²) in [6.07, 6.45) is 1.61. The molecule has 1 aromatic rings. The van der Waals surface area contributed by atoms with Crippen LogP contribution in [-0.2, 0) is 0 Å². The lowest BCUT2D eigenvalue weighted by Crippen LogP contribution is -2.30. The molecule has 1 rings (SSSR count). The molecule has 0 heterocycles. The fourth-order valence-corrected chi connectivity index (χ4v) is 2.36. The van der Waals surface area contributed by atoms with E-state index in [2.05, 4.69) is 19.2 Å². The number of aliphatic hydroxyl groups is 1. The number of carbonyl (C=O) groups is 1. The van der Waals surface area contributed by atoms with E-state index in [1.807, 2.05) is 0 Å². The standard InChI is InChI=1S/C16H24FNO2/c1-11(2)6-13(4-5-19)10-18-16(20)14-7-12(3)8-15(17)9-14/h7-9,11,13,19H,4-6,10H2,1-3H3,(H,18,20). The number of halogens is 1. The van der Waals surface area contributed by atoms with Crippen molar-refractivity contribution in [3.63, 3.8) is 0 Å². The summed E-state index contributed by atoms with van der Waals surface area (Å²) in [7, 11) is 0. The average Bonchev–Trinajstić information content (AvgIpc) is 2.34. The van der Waals surface area contributed by atoms with E-state index in [1.54, 1.807) is 13.0 Å². The Morgan fingerprint density at radius 3 is 2.60 bits per heavy atom. The van der Waals surface area contributed by atoms with Crippen molar-refractivity contribution < 1.29 is 14.3 Å². The molecule has 1 atom stereocenters. The number of aryl methyl sites for hydroxylation is 1. The van der Waals surface area contributed by atoms with Crippen molar-refractivity contribution in [2.24, 2.45) is 11.8 Å². The summed E-state index contributed by atoms with van der Waals surface area (Å²) in [4.78, 5) is 12.0. The Hall–Kier alpha value is -1.42. The summed E-state index contributed by atoms with van der Waals surface area (Å²) >= 11 is 0. The van der Waals surface area contributed by atoms with Gasteiger partial charge in [0.1, 0.15) is 5.82 Å². The van der Waals surface area contributed by atoms with Crippen LogP contribution < -0.4 is 5.32 Å². The van der Waals surface area contributed by atoms with Gasteiger partial charge in [0.05, 0.1) is 0 Å². The van der Waals surface area contributed by atoms with E-state index in [4.69, 9.17) is 5.11 Å². The van der Waals surface area contributed by atoms with Crippen LogP contribution in [0, 0.1) is 24.6 Å². The molecule has 0 saturated heterocycles. The molecule has 0 fully saturated rings. The van der Waals surface area contributed by atoms with E-state index in [9.17, 15) is 9.18 Å². The second-order valence-electron chi connectivity index (χ2n) is 5.74. The van der Waals surface area contributed by atoms with Crippen LogP contribution in [-0.4, -0.2) is 24.2 Å². The second kappa shape index (κ2) is 8.00. The summed E-state index contributed by atoms with van der Waals surface area (Å²) in [6, 6.07) is 4.30. The molecule has 0 aliphatic carbocycles. The number of nitrogens with one attached hydrogen (secondary N) is 1. The zero-order valence-electron chi connectivity index (χ0n) is 12.4. The third-order valence-electron chi connectivity index (χ3n) is 3.20. The minimum atomic E-state index is -0.399. The number of aliphatic hydroxyl groups excluding tert-OH is 1. The van der Waals surface area contributed by atoms with Crippen molar-refractivity contribution in [2.45, 2.75) is 33.6 Å².